The summed E-state index contributed by atoms with van der Waals surface area (Å²) >= 11 is 0. The topological polar surface area (TPSA) is 44.1 Å². The van der Waals surface area contributed by atoms with Gasteiger partial charge in [0.2, 0.25) is 5.82 Å². The Morgan fingerprint density at radius 1 is 1.56 bits per heavy atom. The number of aryl methyl sites for hydroxylation is 1. The number of benzene rings is 1. The highest BCUT2D eigenvalue weighted by molar-refractivity contribution is 5.91. The van der Waals surface area contributed by atoms with Gasteiger partial charge in [-0.2, -0.15) is 0 Å². The fourth-order valence-corrected chi connectivity index (χ4v) is 1.68. The minimum atomic E-state index is -0.558. The number of carbonyl (C=O) groups is 1. The molecule has 84 valence electrons. The molecule has 0 spiro atoms. The Hall–Kier alpha value is -1.91. The molecule has 2 rings (SSSR count). The molecule has 0 amide bonds. The largest absolute Gasteiger partial charge is 0.463 e. The van der Waals surface area contributed by atoms with E-state index in [9.17, 15) is 9.18 Å². The lowest BCUT2D eigenvalue weighted by molar-refractivity contribution is 0.0582. The highest BCUT2D eigenvalue weighted by Crippen LogP contribution is 2.19. The van der Waals surface area contributed by atoms with Gasteiger partial charge in [0.25, 0.3) is 0 Å². The van der Waals surface area contributed by atoms with Crippen LogP contribution in [0, 0.1) is 5.82 Å². The maximum absolute atomic E-state index is 13.5. The van der Waals surface area contributed by atoms with Crippen LogP contribution in [0.4, 0.5) is 4.39 Å². The SMILES string of the molecule is CCn1c(C(=O)OC)nc2c(F)cccc21. The zero-order chi connectivity index (χ0) is 11.7. The summed E-state index contributed by atoms with van der Waals surface area (Å²) in [6.45, 7) is 2.39. The summed E-state index contributed by atoms with van der Waals surface area (Å²) in [5.41, 5.74) is 0.799. The standard InChI is InChI=1S/C11H11FN2O2/c1-3-14-8-6-4-5-7(12)9(8)13-10(14)11(15)16-2/h4-6H,3H2,1-2H3. The molecule has 0 saturated carbocycles. The van der Waals surface area contributed by atoms with Crippen LogP contribution in [0.3, 0.4) is 0 Å². The van der Waals surface area contributed by atoms with E-state index < -0.39 is 11.8 Å². The van der Waals surface area contributed by atoms with Crippen molar-refractivity contribution in [3.8, 4) is 0 Å². The van der Waals surface area contributed by atoms with E-state index in [1.165, 1.54) is 13.2 Å². The van der Waals surface area contributed by atoms with E-state index in [0.29, 0.717) is 12.1 Å². The lowest BCUT2D eigenvalue weighted by Gasteiger charge is -2.03. The normalized spacial score (nSPS) is 10.7. The third-order valence-corrected chi connectivity index (χ3v) is 2.41. The Bertz CT molecular complexity index is 548. The van der Waals surface area contributed by atoms with Gasteiger partial charge in [-0.05, 0) is 19.1 Å². The van der Waals surface area contributed by atoms with Gasteiger partial charge >= 0.3 is 5.97 Å². The van der Waals surface area contributed by atoms with Crippen molar-refractivity contribution >= 4 is 17.0 Å². The summed E-state index contributed by atoms with van der Waals surface area (Å²) in [5.74, 6) is -0.864. The van der Waals surface area contributed by atoms with Gasteiger partial charge in [0.05, 0.1) is 12.6 Å². The number of hydrogen-bond donors (Lipinski definition) is 0. The minimum absolute atomic E-state index is 0.130. The van der Waals surface area contributed by atoms with Crippen molar-refractivity contribution in [1.82, 2.24) is 9.55 Å². The van der Waals surface area contributed by atoms with Gasteiger partial charge in [0.15, 0.2) is 5.82 Å². The van der Waals surface area contributed by atoms with Crippen LogP contribution in [0.2, 0.25) is 0 Å². The average Bonchev–Trinajstić information content (AvgIpc) is 2.68. The van der Waals surface area contributed by atoms with E-state index in [-0.39, 0.29) is 11.3 Å². The number of rotatable bonds is 2. The first-order chi connectivity index (χ1) is 7.69. The molecule has 0 radical (unpaired) electrons. The molecular formula is C11H11FN2O2. The Balaban J connectivity index is 2.76. The molecule has 1 aromatic heterocycles. The van der Waals surface area contributed by atoms with E-state index in [4.69, 9.17) is 0 Å². The average molecular weight is 222 g/mol. The Morgan fingerprint density at radius 2 is 2.31 bits per heavy atom. The van der Waals surface area contributed by atoms with E-state index in [2.05, 4.69) is 9.72 Å². The van der Waals surface area contributed by atoms with Crippen LogP contribution in [0.15, 0.2) is 18.2 Å². The second-order valence-electron chi connectivity index (χ2n) is 3.28. The fraction of sp³-hybridized carbons (Fsp3) is 0.273. The first kappa shape index (κ1) is 10.6. The highest BCUT2D eigenvalue weighted by atomic mass is 19.1. The van der Waals surface area contributed by atoms with Crippen molar-refractivity contribution in [3.63, 3.8) is 0 Å². The Morgan fingerprint density at radius 3 is 2.94 bits per heavy atom. The number of fused-ring (bicyclic) bond motifs is 1. The molecule has 0 aliphatic carbocycles. The minimum Gasteiger partial charge on any atom is -0.463 e. The molecule has 0 N–H and O–H groups in total. The van der Waals surface area contributed by atoms with Gasteiger partial charge in [0, 0.05) is 6.54 Å². The van der Waals surface area contributed by atoms with E-state index in [1.807, 2.05) is 6.92 Å². The zero-order valence-corrected chi connectivity index (χ0v) is 9.03. The van der Waals surface area contributed by atoms with Gasteiger partial charge in [-0.3, -0.25) is 0 Å². The van der Waals surface area contributed by atoms with Gasteiger partial charge < -0.3 is 9.30 Å². The van der Waals surface area contributed by atoms with Crippen molar-refractivity contribution in [2.24, 2.45) is 0 Å². The Kier molecular flexibility index (Phi) is 2.60. The van der Waals surface area contributed by atoms with Gasteiger partial charge in [-0.1, -0.05) is 6.07 Å². The van der Waals surface area contributed by atoms with Crippen molar-refractivity contribution in [2.45, 2.75) is 13.5 Å². The molecule has 1 aromatic carbocycles. The van der Waals surface area contributed by atoms with Crippen LogP contribution in [-0.2, 0) is 11.3 Å². The zero-order valence-electron chi connectivity index (χ0n) is 9.03. The molecule has 0 saturated heterocycles. The van der Waals surface area contributed by atoms with Crippen LogP contribution in [0.1, 0.15) is 17.5 Å². The molecule has 0 fully saturated rings. The monoisotopic (exact) mass is 222 g/mol. The molecule has 4 nitrogen and oxygen atoms in total. The molecule has 0 atom stereocenters. The molecule has 1 heterocycles. The van der Waals surface area contributed by atoms with Crippen molar-refractivity contribution < 1.29 is 13.9 Å². The van der Waals surface area contributed by atoms with Crippen LogP contribution < -0.4 is 0 Å². The Labute approximate surface area is 91.7 Å². The van der Waals surface area contributed by atoms with E-state index in [1.54, 1.807) is 16.7 Å². The molecule has 2 aromatic rings. The molecule has 16 heavy (non-hydrogen) atoms. The number of hydrogen-bond acceptors (Lipinski definition) is 3. The highest BCUT2D eigenvalue weighted by Gasteiger charge is 2.18. The van der Waals surface area contributed by atoms with E-state index in [0.717, 1.165) is 0 Å². The number of nitrogens with zero attached hydrogens (tertiary/aromatic N) is 2. The third kappa shape index (κ3) is 1.44. The molecular weight excluding hydrogens is 211 g/mol. The number of ether oxygens (including phenoxy) is 1. The quantitative estimate of drug-likeness (QED) is 0.730. The van der Waals surface area contributed by atoms with Crippen LogP contribution in [0.5, 0.6) is 0 Å². The molecule has 0 aliphatic rings. The fourth-order valence-electron chi connectivity index (χ4n) is 1.68. The van der Waals surface area contributed by atoms with Crippen LogP contribution in [-0.4, -0.2) is 22.6 Å². The number of carbonyl (C=O) groups excluding carboxylic acids is 1. The van der Waals surface area contributed by atoms with Crippen molar-refractivity contribution in [1.29, 1.82) is 0 Å². The number of aromatic nitrogens is 2. The number of imidazole rings is 1. The first-order valence-corrected chi connectivity index (χ1v) is 4.92. The third-order valence-electron chi connectivity index (χ3n) is 2.41. The lowest BCUT2D eigenvalue weighted by Crippen LogP contribution is -2.10. The first-order valence-electron chi connectivity index (χ1n) is 4.92. The summed E-state index contributed by atoms with van der Waals surface area (Å²) in [6, 6.07) is 4.63. The molecule has 0 bridgehead atoms. The molecule has 0 aliphatic heterocycles. The van der Waals surface area contributed by atoms with Gasteiger partial charge in [0.1, 0.15) is 5.52 Å². The summed E-state index contributed by atoms with van der Waals surface area (Å²) in [5, 5.41) is 0. The molecule has 5 heteroatoms. The summed E-state index contributed by atoms with van der Waals surface area (Å²) in [6.07, 6.45) is 0. The summed E-state index contributed by atoms with van der Waals surface area (Å²) < 4.78 is 19.7. The maximum atomic E-state index is 13.5. The lowest BCUT2D eigenvalue weighted by atomic mass is 10.3. The number of esters is 1. The summed E-state index contributed by atoms with van der Waals surface area (Å²) in [4.78, 5) is 15.4. The second-order valence-corrected chi connectivity index (χ2v) is 3.28. The van der Waals surface area contributed by atoms with E-state index >= 15 is 0 Å². The smallest absolute Gasteiger partial charge is 0.374 e. The van der Waals surface area contributed by atoms with Crippen LogP contribution >= 0.6 is 0 Å². The number of halogens is 1. The predicted octanol–water partition coefficient (Wildman–Crippen LogP) is 1.98. The predicted molar refractivity (Wildman–Crippen MR) is 56.7 cm³/mol. The van der Waals surface area contributed by atoms with Gasteiger partial charge in [-0.25, -0.2) is 14.2 Å². The van der Waals surface area contributed by atoms with Gasteiger partial charge in [-0.15, -0.1) is 0 Å². The number of para-hydroxylation sites is 1. The van der Waals surface area contributed by atoms with Crippen molar-refractivity contribution in [2.75, 3.05) is 7.11 Å². The summed E-state index contributed by atoms with van der Waals surface area (Å²) in [7, 11) is 1.28. The van der Waals surface area contributed by atoms with Crippen molar-refractivity contribution in [3.05, 3.63) is 29.8 Å². The maximum Gasteiger partial charge on any atom is 0.374 e. The second kappa shape index (κ2) is 3.92. The molecule has 0 unspecified atom stereocenters. The van der Waals surface area contributed by atoms with Crippen LogP contribution in [0.25, 0.3) is 11.0 Å². The number of methoxy groups -OCH3 is 1.